The molecule has 0 radical (unpaired) electrons. The zero-order valence-corrected chi connectivity index (χ0v) is 20.7. The number of likely N-dealkylation sites (tertiary alicyclic amines) is 1. The topological polar surface area (TPSA) is 40.5 Å². The minimum Gasteiger partial charge on any atom is -0.478 e. The summed E-state index contributed by atoms with van der Waals surface area (Å²) in [6, 6.07) is 13.1. The van der Waals surface area contributed by atoms with Gasteiger partial charge >= 0.3 is 5.97 Å². The van der Waals surface area contributed by atoms with Crippen LogP contribution in [0.5, 0.6) is 0 Å². The Morgan fingerprint density at radius 3 is 2.42 bits per heavy atom. The van der Waals surface area contributed by atoms with E-state index in [-0.39, 0.29) is 17.8 Å². The van der Waals surface area contributed by atoms with Crippen molar-refractivity contribution in [2.24, 2.45) is 0 Å². The van der Waals surface area contributed by atoms with Crippen LogP contribution in [0.2, 0.25) is 0 Å². The maximum Gasteiger partial charge on any atom is 0.335 e. The maximum absolute atomic E-state index is 15.4. The number of carboxylic acids is 1. The number of carbonyl (C=O) groups is 1. The van der Waals surface area contributed by atoms with E-state index in [0.717, 1.165) is 17.2 Å². The van der Waals surface area contributed by atoms with E-state index in [1.807, 2.05) is 0 Å². The second-order valence-electron chi connectivity index (χ2n) is 9.80. The Bertz CT molecular complexity index is 1450. The second-order valence-corrected chi connectivity index (χ2v) is 9.80. The van der Waals surface area contributed by atoms with Gasteiger partial charge in [-0.25, -0.2) is 18.0 Å². The van der Waals surface area contributed by atoms with Crippen molar-refractivity contribution in [3.63, 3.8) is 0 Å². The highest BCUT2D eigenvalue weighted by molar-refractivity contribution is 6.01. The van der Waals surface area contributed by atoms with E-state index in [1.54, 1.807) is 30.3 Å². The first-order chi connectivity index (χ1) is 18.3. The lowest BCUT2D eigenvalue weighted by Gasteiger charge is -2.33. The lowest BCUT2D eigenvalue weighted by Crippen LogP contribution is -2.40. The summed E-state index contributed by atoms with van der Waals surface area (Å²) < 4.78 is 56.5. The van der Waals surface area contributed by atoms with E-state index in [9.17, 15) is 23.1 Å². The molecule has 1 saturated heterocycles. The fourth-order valence-electron chi connectivity index (χ4n) is 5.33. The standard InChI is InChI=1S/C31H27F4NO2/c32-11-2-12-36-17-19(18-36)13-21-5-6-22(15-28(21)34)30-25-9-7-23(31(37)38)14-20(25)3-1-4-27(30)26-10-8-24(33)16-29(26)35/h5-10,13-16H,1-4,11-12,17-18H2,(H,37,38). The molecule has 7 heteroatoms. The van der Waals surface area contributed by atoms with Gasteiger partial charge in [-0.1, -0.05) is 24.3 Å². The molecule has 196 valence electrons. The Balaban J connectivity index is 1.59. The number of alkyl halides is 1. The molecule has 1 heterocycles. The zero-order valence-electron chi connectivity index (χ0n) is 20.7. The van der Waals surface area contributed by atoms with E-state index in [0.29, 0.717) is 73.2 Å². The van der Waals surface area contributed by atoms with Gasteiger partial charge in [-0.2, -0.15) is 0 Å². The second kappa shape index (κ2) is 11.0. The van der Waals surface area contributed by atoms with Crippen LogP contribution in [0.4, 0.5) is 17.6 Å². The zero-order chi connectivity index (χ0) is 26.8. The maximum atomic E-state index is 15.4. The SMILES string of the molecule is O=C(O)c1ccc2c(c1)CCCC(c1ccc(F)cc1F)=C2c1ccc(C=C2CN(CCCF)C2)c(F)c1. The van der Waals surface area contributed by atoms with Crippen molar-refractivity contribution in [3.8, 4) is 0 Å². The molecule has 0 aromatic heterocycles. The van der Waals surface area contributed by atoms with Gasteiger partial charge in [-0.05, 0) is 89.4 Å². The Hall–Kier alpha value is -3.71. The highest BCUT2D eigenvalue weighted by Gasteiger charge is 2.24. The molecule has 1 aliphatic carbocycles. The van der Waals surface area contributed by atoms with Crippen molar-refractivity contribution in [2.45, 2.75) is 25.7 Å². The Labute approximate surface area is 218 Å². The molecular formula is C31H27F4NO2. The quantitative estimate of drug-likeness (QED) is 0.336. The van der Waals surface area contributed by atoms with Gasteiger partial charge in [0, 0.05) is 36.8 Å². The van der Waals surface area contributed by atoms with Gasteiger partial charge in [0.05, 0.1) is 12.2 Å². The molecule has 38 heavy (non-hydrogen) atoms. The van der Waals surface area contributed by atoms with Crippen molar-refractivity contribution >= 4 is 23.2 Å². The third kappa shape index (κ3) is 5.29. The van der Waals surface area contributed by atoms with E-state index in [4.69, 9.17) is 0 Å². The first-order valence-corrected chi connectivity index (χ1v) is 12.7. The number of aryl methyl sites for hydroxylation is 1. The summed E-state index contributed by atoms with van der Waals surface area (Å²) in [4.78, 5) is 13.7. The van der Waals surface area contributed by atoms with Crippen LogP contribution in [0.1, 0.15) is 57.4 Å². The van der Waals surface area contributed by atoms with E-state index >= 15 is 4.39 Å². The number of halogens is 4. The monoisotopic (exact) mass is 521 g/mol. The smallest absolute Gasteiger partial charge is 0.335 e. The molecule has 0 amide bonds. The normalized spacial score (nSPS) is 15.6. The third-order valence-electron chi connectivity index (χ3n) is 7.16. The fraction of sp³-hybridized carbons (Fsp3) is 0.258. The van der Waals surface area contributed by atoms with Crippen LogP contribution < -0.4 is 0 Å². The highest BCUT2D eigenvalue weighted by Crippen LogP contribution is 2.41. The Kier molecular flexibility index (Phi) is 7.47. The summed E-state index contributed by atoms with van der Waals surface area (Å²) in [6.45, 7) is 1.68. The Morgan fingerprint density at radius 1 is 0.921 bits per heavy atom. The number of nitrogens with zero attached hydrogens (tertiary/aromatic N) is 1. The van der Waals surface area contributed by atoms with E-state index < -0.39 is 23.4 Å². The molecule has 1 fully saturated rings. The summed E-state index contributed by atoms with van der Waals surface area (Å²) in [5.74, 6) is -2.87. The lowest BCUT2D eigenvalue weighted by atomic mass is 9.86. The van der Waals surface area contributed by atoms with Gasteiger partial charge in [-0.3, -0.25) is 9.29 Å². The van der Waals surface area contributed by atoms with Gasteiger partial charge in [0.25, 0.3) is 0 Å². The molecule has 3 nitrogen and oxygen atoms in total. The number of aromatic carboxylic acids is 1. The molecule has 5 rings (SSSR count). The molecule has 0 atom stereocenters. The van der Waals surface area contributed by atoms with E-state index in [2.05, 4.69) is 4.90 Å². The van der Waals surface area contributed by atoms with Gasteiger partial charge in [0.2, 0.25) is 0 Å². The van der Waals surface area contributed by atoms with Gasteiger partial charge < -0.3 is 5.11 Å². The largest absolute Gasteiger partial charge is 0.478 e. The van der Waals surface area contributed by atoms with Crippen molar-refractivity contribution in [2.75, 3.05) is 26.3 Å². The molecule has 1 N–H and O–H groups in total. The predicted octanol–water partition coefficient (Wildman–Crippen LogP) is 7.16. The summed E-state index contributed by atoms with van der Waals surface area (Å²) in [5.41, 5.74) is 5.14. The molecule has 1 aliphatic heterocycles. The fourth-order valence-corrected chi connectivity index (χ4v) is 5.33. The molecule has 2 aliphatic rings. The number of fused-ring (bicyclic) bond motifs is 1. The summed E-state index contributed by atoms with van der Waals surface area (Å²) in [5, 5.41) is 9.48. The molecule has 3 aromatic rings. The van der Waals surface area contributed by atoms with Gasteiger partial charge in [0.1, 0.15) is 17.5 Å². The van der Waals surface area contributed by atoms with Crippen LogP contribution in [0.3, 0.4) is 0 Å². The molecule has 0 spiro atoms. The number of allylic oxidation sites excluding steroid dienone is 1. The van der Waals surface area contributed by atoms with Crippen LogP contribution >= 0.6 is 0 Å². The number of benzene rings is 3. The van der Waals surface area contributed by atoms with Crippen molar-refractivity contribution in [3.05, 3.63) is 111 Å². The number of carboxylic acid groups (broad SMARTS) is 1. The summed E-state index contributed by atoms with van der Waals surface area (Å²) in [6.07, 6.45) is 3.93. The van der Waals surface area contributed by atoms with Crippen LogP contribution in [-0.2, 0) is 6.42 Å². The molecule has 0 bridgehead atoms. The minimum atomic E-state index is -1.05. The number of hydrogen-bond donors (Lipinski definition) is 1. The van der Waals surface area contributed by atoms with Crippen molar-refractivity contribution in [1.29, 1.82) is 0 Å². The summed E-state index contributed by atoms with van der Waals surface area (Å²) >= 11 is 0. The van der Waals surface area contributed by atoms with Crippen molar-refractivity contribution < 1.29 is 27.5 Å². The third-order valence-corrected chi connectivity index (χ3v) is 7.16. The first-order valence-electron chi connectivity index (χ1n) is 12.7. The van der Waals surface area contributed by atoms with Crippen molar-refractivity contribution in [1.82, 2.24) is 4.90 Å². The molecule has 0 unspecified atom stereocenters. The number of rotatable bonds is 7. The Morgan fingerprint density at radius 2 is 1.71 bits per heavy atom. The van der Waals surface area contributed by atoms with Gasteiger partial charge in [-0.15, -0.1) is 0 Å². The first kappa shape index (κ1) is 25.9. The highest BCUT2D eigenvalue weighted by atomic mass is 19.1. The minimum absolute atomic E-state index is 0.147. The van der Waals surface area contributed by atoms with Crippen LogP contribution in [0.15, 0.2) is 60.2 Å². The molecule has 0 saturated carbocycles. The molecular weight excluding hydrogens is 494 g/mol. The average Bonchev–Trinajstić information content (AvgIpc) is 3.05. The summed E-state index contributed by atoms with van der Waals surface area (Å²) in [7, 11) is 0. The van der Waals surface area contributed by atoms with Gasteiger partial charge in [0.15, 0.2) is 0 Å². The average molecular weight is 522 g/mol. The predicted molar refractivity (Wildman–Crippen MR) is 140 cm³/mol. The number of hydrogen-bond acceptors (Lipinski definition) is 2. The van der Waals surface area contributed by atoms with E-state index in [1.165, 1.54) is 24.3 Å². The molecule has 3 aromatic carbocycles. The van der Waals surface area contributed by atoms with Crippen LogP contribution in [-0.4, -0.2) is 42.3 Å². The van der Waals surface area contributed by atoms with Crippen LogP contribution in [0, 0.1) is 17.5 Å². The lowest BCUT2D eigenvalue weighted by molar-refractivity contribution is 0.0696. The van der Waals surface area contributed by atoms with Crippen LogP contribution in [0.25, 0.3) is 17.2 Å².